The molecule has 1 aromatic carbocycles. The van der Waals surface area contributed by atoms with Gasteiger partial charge in [-0.15, -0.1) is 0 Å². The van der Waals surface area contributed by atoms with Crippen molar-refractivity contribution < 1.29 is 17.9 Å². The second kappa shape index (κ2) is 3.96. The number of rotatable bonds is 2. The van der Waals surface area contributed by atoms with Gasteiger partial charge in [0.15, 0.2) is 6.61 Å². The lowest BCUT2D eigenvalue weighted by molar-refractivity contribution is -0.153. The Morgan fingerprint density at radius 2 is 2.00 bits per heavy atom. The first-order chi connectivity index (χ1) is 6.38. The molecule has 0 radical (unpaired) electrons. The Bertz CT molecular complexity index is 327. The maximum atomic E-state index is 11.8. The highest BCUT2D eigenvalue weighted by atomic mass is 35.5. The molecule has 0 amide bonds. The molecule has 0 saturated heterocycles. The van der Waals surface area contributed by atoms with Gasteiger partial charge in [0.1, 0.15) is 5.75 Å². The van der Waals surface area contributed by atoms with Gasteiger partial charge < -0.3 is 10.5 Å². The molecule has 0 spiro atoms. The molecule has 0 aliphatic carbocycles. The molecule has 6 heteroatoms. The predicted molar refractivity (Wildman–Crippen MR) is 47.4 cm³/mol. The van der Waals surface area contributed by atoms with E-state index in [2.05, 4.69) is 4.74 Å². The molecule has 14 heavy (non-hydrogen) atoms. The molecule has 0 fully saturated rings. The molecular formula is C8H7ClF3NO. The lowest BCUT2D eigenvalue weighted by Gasteiger charge is -2.10. The molecule has 0 aromatic heterocycles. The Morgan fingerprint density at radius 3 is 2.50 bits per heavy atom. The fraction of sp³-hybridized carbons (Fsp3) is 0.250. The van der Waals surface area contributed by atoms with Crippen LogP contribution in [0.2, 0.25) is 5.02 Å². The van der Waals surface area contributed by atoms with Crippen molar-refractivity contribution in [2.24, 2.45) is 0 Å². The van der Waals surface area contributed by atoms with Crippen LogP contribution in [0.25, 0.3) is 0 Å². The Hall–Kier alpha value is -1.10. The van der Waals surface area contributed by atoms with Crippen molar-refractivity contribution in [3.05, 3.63) is 23.2 Å². The highest BCUT2D eigenvalue weighted by Gasteiger charge is 2.28. The van der Waals surface area contributed by atoms with E-state index in [0.717, 1.165) is 0 Å². The third kappa shape index (κ3) is 3.33. The molecule has 0 saturated carbocycles. The average molecular weight is 226 g/mol. The minimum atomic E-state index is -4.37. The Balaban J connectivity index is 2.68. The normalized spacial score (nSPS) is 11.4. The summed E-state index contributed by atoms with van der Waals surface area (Å²) in [5.41, 5.74) is 5.46. The number of halogens is 4. The van der Waals surface area contributed by atoms with Gasteiger partial charge in [0.25, 0.3) is 0 Å². The van der Waals surface area contributed by atoms with E-state index in [1.54, 1.807) is 0 Å². The Kier molecular flexibility index (Phi) is 3.10. The molecule has 0 heterocycles. The summed E-state index contributed by atoms with van der Waals surface area (Å²) in [6.07, 6.45) is -4.37. The van der Waals surface area contributed by atoms with Crippen molar-refractivity contribution in [2.45, 2.75) is 6.18 Å². The minimum absolute atomic E-state index is 0.0216. The van der Waals surface area contributed by atoms with Gasteiger partial charge in [-0.25, -0.2) is 0 Å². The third-order valence-corrected chi connectivity index (χ3v) is 1.60. The van der Waals surface area contributed by atoms with Gasteiger partial charge in [0.2, 0.25) is 0 Å². The van der Waals surface area contributed by atoms with Crippen LogP contribution in [0.3, 0.4) is 0 Å². The monoisotopic (exact) mass is 225 g/mol. The fourth-order valence-electron chi connectivity index (χ4n) is 0.810. The van der Waals surface area contributed by atoms with Crippen LogP contribution in [0.4, 0.5) is 18.9 Å². The summed E-state index contributed by atoms with van der Waals surface area (Å²) in [6.45, 7) is -1.36. The standard InChI is InChI=1S/C8H7ClF3NO/c9-5-1-2-7(6(13)3-5)14-4-8(10,11)12/h1-3H,4,13H2. The summed E-state index contributed by atoms with van der Waals surface area (Å²) in [7, 11) is 0. The van der Waals surface area contributed by atoms with Crippen molar-refractivity contribution in [3.8, 4) is 5.75 Å². The van der Waals surface area contributed by atoms with Crippen LogP contribution in [-0.4, -0.2) is 12.8 Å². The minimum Gasteiger partial charge on any atom is -0.482 e. The van der Waals surface area contributed by atoms with E-state index in [1.807, 2.05) is 0 Å². The number of nitrogen functional groups attached to an aromatic ring is 1. The van der Waals surface area contributed by atoms with Gasteiger partial charge in [-0.05, 0) is 18.2 Å². The Labute approximate surface area is 83.4 Å². The van der Waals surface area contributed by atoms with Crippen LogP contribution in [0, 0.1) is 0 Å². The number of alkyl halides is 3. The van der Waals surface area contributed by atoms with E-state index in [9.17, 15) is 13.2 Å². The van der Waals surface area contributed by atoms with E-state index in [4.69, 9.17) is 17.3 Å². The maximum absolute atomic E-state index is 11.8. The first-order valence-electron chi connectivity index (χ1n) is 3.63. The number of hydrogen-bond donors (Lipinski definition) is 1. The third-order valence-electron chi connectivity index (χ3n) is 1.36. The van der Waals surface area contributed by atoms with E-state index < -0.39 is 12.8 Å². The number of benzene rings is 1. The van der Waals surface area contributed by atoms with Gasteiger partial charge in [-0.1, -0.05) is 11.6 Å². The number of ether oxygens (including phenoxy) is 1. The van der Waals surface area contributed by atoms with E-state index in [0.29, 0.717) is 5.02 Å². The van der Waals surface area contributed by atoms with Crippen LogP contribution >= 0.6 is 11.6 Å². The molecule has 2 nitrogen and oxygen atoms in total. The van der Waals surface area contributed by atoms with E-state index in [-0.39, 0.29) is 11.4 Å². The highest BCUT2D eigenvalue weighted by molar-refractivity contribution is 6.30. The van der Waals surface area contributed by atoms with Crippen molar-refractivity contribution in [2.75, 3.05) is 12.3 Å². The SMILES string of the molecule is Nc1cc(Cl)ccc1OCC(F)(F)F. The smallest absolute Gasteiger partial charge is 0.422 e. The van der Waals surface area contributed by atoms with E-state index >= 15 is 0 Å². The number of hydrogen-bond acceptors (Lipinski definition) is 2. The van der Waals surface area contributed by atoms with Gasteiger partial charge in [-0.2, -0.15) is 13.2 Å². The lowest BCUT2D eigenvalue weighted by Crippen LogP contribution is -2.19. The van der Waals surface area contributed by atoms with Gasteiger partial charge in [0, 0.05) is 5.02 Å². The molecule has 1 rings (SSSR count). The van der Waals surface area contributed by atoms with Gasteiger partial charge >= 0.3 is 6.18 Å². The second-order valence-corrected chi connectivity index (χ2v) is 3.02. The Morgan fingerprint density at radius 1 is 1.36 bits per heavy atom. The number of nitrogens with two attached hydrogens (primary N) is 1. The van der Waals surface area contributed by atoms with Crippen molar-refractivity contribution in [1.82, 2.24) is 0 Å². The lowest BCUT2D eigenvalue weighted by atomic mass is 10.3. The molecule has 0 aliphatic rings. The van der Waals surface area contributed by atoms with E-state index in [1.165, 1.54) is 18.2 Å². The quantitative estimate of drug-likeness (QED) is 0.786. The first-order valence-corrected chi connectivity index (χ1v) is 4.01. The molecule has 0 bridgehead atoms. The van der Waals surface area contributed by atoms with Crippen LogP contribution in [0.15, 0.2) is 18.2 Å². The molecule has 0 atom stereocenters. The zero-order valence-electron chi connectivity index (χ0n) is 6.94. The second-order valence-electron chi connectivity index (χ2n) is 2.59. The summed E-state index contributed by atoms with van der Waals surface area (Å²) in [5, 5.41) is 0.349. The van der Waals surface area contributed by atoms with Crippen LogP contribution in [0.5, 0.6) is 5.75 Å². The molecule has 2 N–H and O–H groups in total. The predicted octanol–water partition coefficient (Wildman–Crippen LogP) is 2.86. The summed E-state index contributed by atoms with van der Waals surface area (Å²) < 4.78 is 39.7. The summed E-state index contributed by atoms with van der Waals surface area (Å²) in [6, 6.07) is 4.03. The molecule has 78 valence electrons. The van der Waals surface area contributed by atoms with Crippen molar-refractivity contribution in [3.63, 3.8) is 0 Å². The fourth-order valence-corrected chi connectivity index (χ4v) is 0.991. The van der Waals surface area contributed by atoms with Crippen molar-refractivity contribution >= 4 is 17.3 Å². The summed E-state index contributed by atoms with van der Waals surface area (Å²) >= 11 is 5.55. The largest absolute Gasteiger partial charge is 0.482 e. The van der Waals surface area contributed by atoms with Crippen LogP contribution in [0.1, 0.15) is 0 Å². The van der Waals surface area contributed by atoms with Crippen LogP contribution in [-0.2, 0) is 0 Å². The topological polar surface area (TPSA) is 35.2 Å². The molecule has 0 aliphatic heterocycles. The van der Waals surface area contributed by atoms with Gasteiger partial charge in [-0.3, -0.25) is 0 Å². The summed E-state index contributed by atoms with van der Waals surface area (Å²) in [5.74, 6) is -0.0216. The first kappa shape index (κ1) is 11.0. The zero-order valence-corrected chi connectivity index (χ0v) is 7.69. The molecule has 1 aromatic rings. The van der Waals surface area contributed by atoms with Crippen LogP contribution < -0.4 is 10.5 Å². The molecule has 0 unspecified atom stereocenters. The number of anilines is 1. The molecular weight excluding hydrogens is 219 g/mol. The average Bonchev–Trinajstić information content (AvgIpc) is 2.00. The maximum Gasteiger partial charge on any atom is 0.422 e. The van der Waals surface area contributed by atoms with Crippen molar-refractivity contribution in [1.29, 1.82) is 0 Å². The zero-order chi connectivity index (χ0) is 10.8. The van der Waals surface area contributed by atoms with Gasteiger partial charge in [0.05, 0.1) is 5.69 Å². The summed E-state index contributed by atoms with van der Waals surface area (Å²) in [4.78, 5) is 0. The highest BCUT2D eigenvalue weighted by Crippen LogP contribution is 2.26.